The van der Waals surface area contributed by atoms with Crippen molar-refractivity contribution in [1.82, 2.24) is 4.90 Å². The Kier molecular flexibility index (Phi) is 3.38. The molecule has 0 aromatic carbocycles. The van der Waals surface area contributed by atoms with Crippen LogP contribution in [-0.2, 0) is 14.3 Å². The highest BCUT2D eigenvalue weighted by molar-refractivity contribution is 5.81. The molecule has 2 aliphatic rings. The lowest BCUT2D eigenvalue weighted by Crippen LogP contribution is -2.35. The Hall–Kier alpha value is -1.10. The van der Waals surface area contributed by atoms with Crippen molar-refractivity contribution in [2.45, 2.75) is 26.4 Å². The molecule has 0 bridgehead atoms. The largest absolute Gasteiger partial charge is 0.481 e. The van der Waals surface area contributed by atoms with Crippen molar-refractivity contribution >= 4 is 11.9 Å². The van der Waals surface area contributed by atoms with Crippen molar-refractivity contribution in [3.63, 3.8) is 0 Å². The number of hydrogen-bond acceptors (Lipinski definition) is 3. The highest BCUT2D eigenvalue weighted by Crippen LogP contribution is 2.27. The molecule has 0 aromatic heterocycles. The minimum absolute atomic E-state index is 0.0381. The molecule has 1 amide bonds. The van der Waals surface area contributed by atoms with Gasteiger partial charge in [0, 0.05) is 13.1 Å². The van der Waals surface area contributed by atoms with E-state index in [1.54, 1.807) is 4.90 Å². The van der Waals surface area contributed by atoms with Gasteiger partial charge in [0.25, 0.3) is 0 Å². The van der Waals surface area contributed by atoms with Crippen LogP contribution in [0.2, 0.25) is 0 Å². The molecule has 0 spiro atoms. The Labute approximate surface area is 101 Å². The first-order chi connectivity index (χ1) is 7.99. The number of carbonyl (C=O) groups excluding carboxylic acids is 1. The minimum Gasteiger partial charge on any atom is -0.481 e. The summed E-state index contributed by atoms with van der Waals surface area (Å²) in [6.07, 6.45) is 0.890. The number of rotatable bonds is 2. The minimum atomic E-state index is -0.802. The van der Waals surface area contributed by atoms with Gasteiger partial charge >= 0.3 is 5.97 Å². The number of aliphatic carboxylic acids is 1. The van der Waals surface area contributed by atoms with Gasteiger partial charge in [-0.2, -0.15) is 0 Å². The molecule has 2 fully saturated rings. The number of ether oxygens (including phenoxy) is 1. The molecule has 0 saturated carbocycles. The summed E-state index contributed by atoms with van der Waals surface area (Å²) in [7, 11) is 0. The van der Waals surface area contributed by atoms with E-state index in [0.29, 0.717) is 19.7 Å². The fourth-order valence-corrected chi connectivity index (χ4v) is 2.72. The second kappa shape index (κ2) is 4.64. The van der Waals surface area contributed by atoms with Crippen molar-refractivity contribution < 1.29 is 19.4 Å². The summed E-state index contributed by atoms with van der Waals surface area (Å²) < 4.78 is 5.38. The van der Waals surface area contributed by atoms with Crippen LogP contribution >= 0.6 is 0 Å². The summed E-state index contributed by atoms with van der Waals surface area (Å²) in [5.74, 6) is -1.20. The van der Waals surface area contributed by atoms with Gasteiger partial charge in [0.1, 0.15) is 0 Å². The lowest BCUT2D eigenvalue weighted by atomic mass is 9.99. The number of carboxylic acid groups (broad SMARTS) is 1. The maximum Gasteiger partial charge on any atom is 0.308 e. The third kappa shape index (κ3) is 2.44. The number of nitrogens with zero attached hydrogens (tertiary/aromatic N) is 1. The fourth-order valence-electron chi connectivity index (χ4n) is 2.72. The van der Waals surface area contributed by atoms with Gasteiger partial charge in [-0.05, 0) is 19.3 Å². The summed E-state index contributed by atoms with van der Waals surface area (Å²) in [4.78, 5) is 24.8. The highest BCUT2D eigenvalue weighted by atomic mass is 16.5. The third-order valence-electron chi connectivity index (χ3n) is 3.79. The topological polar surface area (TPSA) is 66.8 Å². The summed E-state index contributed by atoms with van der Waals surface area (Å²) in [6, 6.07) is 0. The molecule has 0 aromatic rings. The molecule has 17 heavy (non-hydrogen) atoms. The van der Waals surface area contributed by atoms with Crippen LogP contribution in [0.5, 0.6) is 0 Å². The van der Waals surface area contributed by atoms with Crippen LogP contribution in [0.25, 0.3) is 0 Å². The SMILES string of the molecule is CC1CC(C(=O)N2C[C@@H](C)[C@H](C(=O)O)C2)CO1. The molecule has 2 saturated heterocycles. The van der Waals surface area contributed by atoms with Crippen molar-refractivity contribution in [1.29, 1.82) is 0 Å². The van der Waals surface area contributed by atoms with Gasteiger partial charge in [-0.3, -0.25) is 9.59 Å². The van der Waals surface area contributed by atoms with Gasteiger partial charge in [0.2, 0.25) is 5.91 Å². The number of carbonyl (C=O) groups is 2. The van der Waals surface area contributed by atoms with Crippen LogP contribution in [0.1, 0.15) is 20.3 Å². The Balaban J connectivity index is 1.96. The fraction of sp³-hybridized carbons (Fsp3) is 0.833. The zero-order chi connectivity index (χ0) is 12.6. The molecule has 96 valence electrons. The zero-order valence-corrected chi connectivity index (χ0v) is 10.3. The number of amides is 1. The van der Waals surface area contributed by atoms with Crippen LogP contribution < -0.4 is 0 Å². The van der Waals surface area contributed by atoms with Gasteiger partial charge in [0.15, 0.2) is 0 Å². The Morgan fingerprint density at radius 3 is 2.47 bits per heavy atom. The van der Waals surface area contributed by atoms with Crippen LogP contribution in [0.3, 0.4) is 0 Å². The van der Waals surface area contributed by atoms with Crippen molar-refractivity contribution in [2.75, 3.05) is 19.7 Å². The third-order valence-corrected chi connectivity index (χ3v) is 3.79. The van der Waals surface area contributed by atoms with E-state index in [4.69, 9.17) is 9.84 Å². The molecule has 2 rings (SSSR count). The normalized spacial score (nSPS) is 37.4. The maximum absolute atomic E-state index is 12.2. The second-order valence-electron chi connectivity index (χ2n) is 5.24. The van der Waals surface area contributed by atoms with Gasteiger partial charge in [-0.15, -0.1) is 0 Å². The van der Waals surface area contributed by atoms with Gasteiger partial charge < -0.3 is 14.7 Å². The molecule has 5 nitrogen and oxygen atoms in total. The average molecular weight is 241 g/mol. The van der Waals surface area contributed by atoms with Crippen molar-refractivity contribution in [3.05, 3.63) is 0 Å². The Morgan fingerprint density at radius 2 is 2.00 bits per heavy atom. The van der Waals surface area contributed by atoms with Crippen LogP contribution in [-0.4, -0.2) is 47.7 Å². The average Bonchev–Trinajstić information content (AvgIpc) is 2.83. The standard InChI is InChI=1S/C12H19NO4/c1-7-4-13(5-10(7)12(15)16)11(14)9-3-8(2)17-6-9/h7-10H,3-6H2,1-2H3,(H,15,16)/t7-,8?,9?,10-/m1/s1. The van der Waals surface area contributed by atoms with E-state index < -0.39 is 11.9 Å². The van der Waals surface area contributed by atoms with Gasteiger partial charge in [0.05, 0.1) is 24.5 Å². The Bertz CT molecular complexity index is 330. The summed E-state index contributed by atoms with van der Waals surface area (Å²) in [6.45, 7) is 5.23. The molecular weight excluding hydrogens is 222 g/mol. The number of hydrogen-bond donors (Lipinski definition) is 1. The molecule has 1 N–H and O–H groups in total. The van der Waals surface area contributed by atoms with E-state index in [-0.39, 0.29) is 23.8 Å². The summed E-state index contributed by atoms with van der Waals surface area (Å²) >= 11 is 0. The van der Waals surface area contributed by atoms with E-state index in [2.05, 4.69) is 0 Å². The van der Waals surface area contributed by atoms with E-state index in [1.165, 1.54) is 0 Å². The van der Waals surface area contributed by atoms with Crippen LogP contribution in [0.4, 0.5) is 0 Å². The van der Waals surface area contributed by atoms with Crippen LogP contribution in [0.15, 0.2) is 0 Å². The predicted molar refractivity (Wildman–Crippen MR) is 60.4 cm³/mol. The van der Waals surface area contributed by atoms with Crippen molar-refractivity contribution in [2.24, 2.45) is 17.8 Å². The van der Waals surface area contributed by atoms with E-state index in [1.807, 2.05) is 13.8 Å². The summed E-state index contributed by atoms with van der Waals surface area (Å²) in [5.41, 5.74) is 0. The van der Waals surface area contributed by atoms with E-state index >= 15 is 0 Å². The molecular formula is C12H19NO4. The first-order valence-corrected chi connectivity index (χ1v) is 6.12. The number of carboxylic acids is 1. The van der Waals surface area contributed by atoms with Gasteiger partial charge in [-0.1, -0.05) is 6.92 Å². The monoisotopic (exact) mass is 241 g/mol. The van der Waals surface area contributed by atoms with Crippen LogP contribution in [0, 0.1) is 17.8 Å². The first-order valence-electron chi connectivity index (χ1n) is 6.12. The van der Waals surface area contributed by atoms with Gasteiger partial charge in [-0.25, -0.2) is 0 Å². The van der Waals surface area contributed by atoms with E-state index in [0.717, 1.165) is 6.42 Å². The molecule has 2 unspecified atom stereocenters. The van der Waals surface area contributed by atoms with E-state index in [9.17, 15) is 9.59 Å². The molecule has 4 atom stereocenters. The zero-order valence-electron chi connectivity index (χ0n) is 10.3. The number of likely N-dealkylation sites (tertiary alicyclic amines) is 1. The maximum atomic E-state index is 12.2. The lowest BCUT2D eigenvalue weighted by molar-refractivity contribution is -0.142. The second-order valence-corrected chi connectivity index (χ2v) is 5.24. The quantitative estimate of drug-likeness (QED) is 0.768. The Morgan fingerprint density at radius 1 is 1.29 bits per heavy atom. The lowest BCUT2D eigenvalue weighted by Gasteiger charge is -2.19. The predicted octanol–water partition coefficient (Wildman–Crippen LogP) is 0.591. The molecule has 0 radical (unpaired) electrons. The molecule has 2 heterocycles. The summed E-state index contributed by atoms with van der Waals surface area (Å²) in [5, 5.41) is 9.03. The highest BCUT2D eigenvalue weighted by Gasteiger charge is 2.40. The molecule has 2 aliphatic heterocycles. The van der Waals surface area contributed by atoms with Crippen molar-refractivity contribution in [3.8, 4) is 0 Å². The first kappa shape index (κ1) is 12.4. The molecule has 0 aliphatic carbocycles. The smallest absolute Gasteiger partial charge is 0.308 e. The molecule has 5 heteroatoms.